The first-order chi connectivity index (χ1) is 14.7. The number of carbonyl (C=O) groups excluding carboxylic acids is 1. The van der Waals surface area contributed by atoms with Gasteiger partial charge in [0.15, 0.2) is 11.5 Å². The maximum Gasteiger partial charge on any atom is 0.291 e. The van der Waals surface area contributed by atoms with Crippen molar-refractivity contribution in [3.63, 3.8) is 0 Å². The highest BCUT2D eigenvalue weighted by Crippen LogP contribution is 2.29. The topological polar surface area (TPSA) is 94.9 Å². The third-order valence-electron chi connectivity index (χ3n) is 4.13. The van der Waals surface area contributed by atoms with Crippen molar-refractivity contribution in [1.29, 1.82) is 0 Å². The highest BCUT2D eigenvalue weighted by atomic mass is 16.5. The lowest BCUT2D eigenvalue weighted by molar-refractivity contribution is 0.0950. The Balaban J connectivity index is 1.72. The third-order valence-corrected chi connectivity index (χ3v) is 4.13. The molecule has 8 nitrogen and oxygen atoms in total. The van der Waals surface area contributed by atoms with Crippen molar-refractivity contribution in [3.8, 4) is 28.5 Å². The van der Waals surface area contributed by atoms with Crippen LogP contribution in [0.25, 0.3) is 11.3 Å². The fraction of sp³-hybridized carbons (Fsp3) is 0.182. The summed E-state index contributed by atoms with van der Waals surface area (Å²) in [5.41, 5.74) is 4.66. The molecule has 0 spiro atoms. The van der Waals surface area contributed by atoms with Gasteiger partial charge >= 0.3 is 0 Å². The lowest BCUT2D eigenvalue weighted by atomic mass is 10.1. The summed E-state index contributed by atoms with van der Waals surface area (Å²) in [6, 6.07) is 12.8. The second-order valence-electron chi connectivity index (χ2n) is 6.03. The predicted octanol–water partition coefficient (Wildman–Crippen LogP) is 3.32. The molecule has 3 rings (SSSR count). The van der Waals surface area contributed by atoms with Crippen LogP contribution in [0.5, 0.6) is 17.2 Å². The van der Waals surface area contributed by atoms with Gasteiger partial charge in [-0.25, -0.2) is 10.4 Å². The van der Waals surface area contributed by atoms with Gasteiger partial charge in [0.1, 0.15) is 11.4 Å². The molecule has 1 heterocycles. The number of methoxy groups -OCH3 is 2. The van der Waals surface area contributed by atoms with Gasteiger partial charge in [0, 0.05) is 11.1 Å². The summed E-state index contributed by atoms with van der Waals surface area (Å²) >= 11 is 0. The van der Waals surface area contributed by atoms with E-state index in [1.165, 1.54) is 19.5 Å². The standard InChI is InChI=1S/C22H22N4O4/c1-4-30-17-10-8-15(9-11-17)18-13-23-14-19(25-18)22(27)26-24-12-16-6-5-7-20(28-2)21(16)29-3/h5-14H,4H2,1-3H3,(H,26,27)/b24-12+. The summed E-state index contributed by atoms with van der Waals surface area (Å²) in [5, 5.41) is 3.99. The monoisotopic (exact) mass is 406 g/mol. The Morgan fingerprint density at radius 2 is 1.90 bits per heavy atom. The van der Waals surface area contributed by atoms with E-state index in [0.717, 1.165) is 11.3 Å². The van der Waals surface area contributed by atoms with Crippen LogP contribution in [-0.2, 0) is 0 Å². The number of nitrogens with one attached hydrogen (secondary N) is 1. The molecule has 0 unspecified atom stereocenters. The van der Waals surface area contributed by atoms with Crippen LogP contribution in [0.1, 0.15) is 23.0 Å². The minimum atomic E-state index is -0.478. The summed E-state index contributed by atoms with van der Waals surface area (Å²) in [7, 11) is 3.09. The van der Waals surface area contributed by atoms with E-state index in [1.807, 2.05) is 31.2 Å². The quantitative estimate of drug-likeness (QED) is 0.455. The molecule has 0 saturated heterocycles. The zero-order valence-electron chi connectivity index (χ0n) is 17.0. The van der Waals surface area contributed by atoms with E-state index in [9.17, 15) is 4.79 Å². The van der Waals surface area contributed by atoms with Gasteiger partial charge in [0.25, 0.3) is 5.91 Å². The highest BCUT2D eigenvalue weighted by Gasteiger charge is 2.11. The zero-order chi connectivity index (χ0) is 21.3. The number of para-hydroxylation sites is 1. The molecule has 0 aliphatic heterocycles. The molecule has 0 saturated carbocycles. The summed E-state index contributed by atoms with van der Waals surface area (Å²) < 4.78 is 16.0. The molecule has 8 heteroatoms. The fourth-order valence-electron chi connectivity index (χ4n) is 2.73. The number of hydrogen-bond acceptors (Lipinski definition) is 7. The van der Waals surface area contributed by atoms with E-state index in [4.69, 9.17) is 14.2 Å². The first kappa shape index (κ1) is 20.8. The second kappa shape index (κ2) is 10.0. The van der Waals surface area contributed by atoms with Gasteiger partial charge in [-0.1, -0.05) is 6.07 Å². The molecular formula is C22H22N4O4. The van der Waals surface area contributed by atoms with Crippen molar-refractivity contribution < 1.29 is 19.0 Å². The van der Waals surface area contributed by atoms with Crippen molar-refractivity contribution in [2.24, 2.45) is 5.10 Å². The van der Waals surface area contributed by atoms with Gasteiger partial charge in [-0.05, 0) is 43.3 Å². The van der Waals surface area contributed by atoms with Crippen LogP contribution in [0.2, 0.25) is 0 Å². The predicted molar refractivity (Wildman–Crippen MR) is 113 cm³/mol. The Labute approximate surface area is 174 Å². The lowest BCUT2D eigenvalue weighted by Gasteiger charge is -2.09. The Morgan fingerprint density at radius 1 is 1.10 bits per heavy atom. The van der Waals surface area contributed by atoms with Gasteiger partial charge in [0.2, 0.25) is 0 Å². The molecule has 1 aromatic heterocycles. The smallest absolute Gasteiger partial charge is 0.291 e. The highest BCUT2D eigenvalue weighted by molar-refractivity contribution is 5.93. The van der Waals surface area contributed by atoms with Gasteiger partial charge in [-0.2, -0.15) is 5.10 Å². The molecule has 3 aromatic rings. The summed E-state index contributed by atoms with van der Waals surface area (Å²) in [4.78, 5) is 20.9. The normalized spacial score (nSPS) is 10.6. The number of nitrogens with zero attached hydrogens (tertiary/aromatic N) is 3. The Morgan fingerprint density at radius 3 is 2.60 bits per heavy atom. The fourth-order valence-corrected chi connectivity index (χ4v) is 2.73. The molecular weight excluding hydrogens is 384 g/mol. The first-order valence-corrected chi connectivity index (χ1v) is 9.26. The Hall–Kier alpha value is -3.94. The zero-order valence-corrected chi connectivity index (χ0v) is 17.0. The summed E-state index contributed by atoms with van der Waals surface area (Å²) in [5.74, 6) is 1.39. The second-order valence-corrected chi connectivity index (χ2v) is 6.03. The maximum atomic E-state index is 12.4. The van der Waals surface area contributed by atoms with Crippen molar-refractivity contribution in [1.82, 2.24) is 15.4 Å². The van der Waals surface area contributed by atoms with Gasteiger partial charge in [-0.15, -0.1) is 0 Å². The number of aromatic nitrogens is 2. The largest absolute Gasteiger partial charge is 0.494 e. The SMILES string of the molecule is CCOc1ccc(-c2cncc(C(=O)N/N=C/c3cccc(OC)c3OC)n2)cc1. The maximum absolute atomic E-state index is 12.4. The van der Waals surface area contributed by atoms with E-state index in [2.05, 4.69) is 20.5 Å². The Bertz CT molecular complexity index is 1040. The average Bonchev–Trinajstić information content (AvgIpc) is 2.79. The van der Waals surface area contributed by atoms with E-state index in [-0.39, 0.29) is 5.69 Å². The van der Waals surface area contributed by atoms with Gasteiger partial charge in [-0.3, -0.25) is 9.78 Å². The number of ether oxygens (including phenoxy) is 3. The Kier molecular flexibility index (Phi) is 6.94. The van der Waals surface area contributed by atoms with Crippen LogP contribution in [0, 0.1) is 0 Å². The molecule has 0 bridgehead atoms. The molecule has 0 aliphatic rings. The molecule has 0 radical (unpaired) electrons. The molecule has 154 valence electrons. The lowest BCUT2D eigenvalue weighted by Crippen LogP contribution is -2.19. The van der Waals surface area contributed by atoms with Crippen LogP contribution in [0.3, 0.4) is 0 Å². The van der Waals surface area contributed by atoms with Crippen LogP contribution >= 0.6 is 0 Å². The van der Waals surface area contributed by atoms with E-state index in [1.54, 1.807) is 31.5 Å². The minimum absolute atomic E-state index is 0.149. The minimum Gasteiger partial charge on any atom is -0.494 e. The van der Waals surface area contributed by atoms with E-state index >= 15 is 0 Å². The molecule has 2 aromatic carbocycles. The van der Waals surface area contributed by atoms with Crippen molar-refractivity contribution in [2.75, 3.05) is 20.8 Å². The molecule has 1 amide bonds. The molecule has 0 aliphatic carbocycles. The first-order valence-electron chi connectivity index (χ1n) is 9.26. The molecule has 0 fully saturated rings. The van der Waals surface area contributed by atoms with Crippen LogP contribution < -0.4 is 19.6 Å². The van der Waals surface area contributed by atoms with Crippen LogP contribution in [0.15, 0.2) is 60.0 Å². The van der Waals surface area contributed by atoms with Crippen LogP contribution in [0.4, 0.5) is 0 Å². The summed E-state index contributed by atoms with van der Waals surface area (Å²) in [6.07, 6.45) is 4.45. The average molecular weight is 406 g/mol. The number of hydrazone groups is 1. The molecule has 0 atom stereocenters. The molecule has 1 N–H and O–H groups in total. The van der Waals surface area contributed by atoms with Crippen LogP contribution in [-0.4, -0.2) is 42.9 Å². The number of hydrogen-bond donors (Lipinski definition) is 1. The van der Waals surface area contributed by atoms with E-state index < -0.39 is 5.91 Å². The summed E-state index contributed by atoms with van der Waals surface area (Å²) in [6.45, 7) is 2.52. The van der Waals surface area contributed by atoms with Gasteiger partial charge < -0.3 is 14.2 Å². The number of amides is 1. The number of benzene rings is 2. The van der Waals surface area contributed by atoms with Crippen molar-refractivity contribution in [3.05, 3.63) is 66.1 Å². The van der Waals surface area contributed by atoms with Crippen molar-refractivity contribution in [2.45, 2.75) is 6.92 Å². The number of carbonyl (C=O) groups is 1. The van der Waals surface area contributed by atoms with Gasteiger partial charge in [0.05, 0.1) is 45.1 Å². The number of rotatable bonds is 8. The third kappa shape index (κ3) is 4.91. The molecule has 30 heavy (non-hydrogen) atoms. The van der Waals surface area contributed by atoms with Crippen molar-refractivity contribution >= 4 is 12.1 Å². The van der Waals surface area contributed by atoms with E-state index in [0.29, 0.717) is 29.4 Å².